The molecule has 6 atom stereocenters. The van der Waals surface area contributed by atoms with Gasteiger partial charge in [0.15, 0.2) is 0 Å². The third-order valence-corrected chi connectivity index (χ3v) is 9.27. The molecule has 18 nitrogen and oxygen atoms in total. The minimum absolute atomic E-state index is 0.00422. The Kier molecular flexibility index (Phi) is 18.9. The minimum atomic E-state index is -1.27. The lowest BCUT2D eigenvalue weighted by atomic mass is 9.99. The smallest absolute Gasteiger partial charge is 0.326 e. The first-order valence-electron chi connectivity index (χ1n) is 19.8. The van der Waals surface area contributed by atoms with Crippen LogP contribution in [0.25, 0.3) is 11.1 Å². The number of carbonyl (C=O) groups is 8. The molecule has 0 aromatic heterocycles. The number of nitrogens with two attached hydrogens (primary N) is 1. The summed E-state index contributed by atoms with van der Waals surface area (Å²) in [6.07, 6.45) is 0.0750. The second-order valence-electron chi connectivity index (χ2n) is 15.1. The van der Waals surface area contributed by atoms with Crippen LogP contribution >= 0.6 is 0 Å². The van der Waals surface area contributed by atoms with Gasteiger partial charge in [-0.05, 0) is 67.5 Å². The Morgan fingerprint density at radius 2 is 1.00 bits per heavy atom. The molecule has 11 N–H and O–H groups in total. The van der Waals surface area contributed by atoms with Crippen molar-refractivity contribution in [1.29, 1.82) is 0 Å². The molecule has 18 heteroatoms. The summed E-state index contributed by atoms with van der Waals surface area (Å²) in [5.74, 6) is -6.41. The molecule has 0 radical (unpaired) electrons. The number of aromatic hydroxyl groups is 1. The van der Waals surface area contributed by atoms with Crippen molar-refractivity contribution in [3.63, 3.8) is 0 Å². The van der Waals surface area contributed by atoms with Gasteiger partial charge in [-0.15, -0.1) is 0 Å². The van der Waals surface area contributed by atoms with Crippen LogP contribution in [0.15, 0.2) is 78.9 Å². The van der Waals surface area contributed by atoms with Gasteiger partial charge in [0.1, 0.15) is 36.0 Å². The lowest BCUT2D eigenvalue weighted by Gasteiger charge is -2.23. The topological polar surface area (TPSA) is 287 Å². The van der Waals surface area contributed by atoms with E-state index in [1.165, 1.54) is 45.0 Å². The van der Waals surface area contributed by atoms with Crippen molar-refractivity contribution >= 4 is 47.3 Å². The number of hydrogen-bond acceptors (Lipinski definition) is 10. The largest absolute Gasteiger partial charge is 0.508 e. The number of amides is 7. The summed E-state index contributed by atoms with van der Waals surface area (Å²) in [5.41, 5.74) is 8.65. The first-order chi connectivity index (χ1) is 28.8. The van der Waals surface area contributed by atoms with Crippen LogP contribution in [0.2, 0.25) is 0 Å². The second-order valence-corrected chi connectivity index (χ2v) is 15.1. The Bertz CT molecular complexity index is 1990. The Morgan fingerprint density at radius 1 is 0.525 bits per heavy atom. The molecule has 3 rings (SSSR count). The number of aliphatic carboxylic acids is 1. The van der Waals surface area contributed by atoms with Gasteiger partial charge in [0.2, 0.25) is 41.4 Å². The molecule has 0 unspecified atom stereocenters. The highest BCUT2D eigenvalue weighted by molar-refractivity contribution is 5.96. The molecule has 0 fully saturated rings. The van der Waals surface area contributed by atoms with Gasteiger partial charge in [0.25, 0.3) is 0 Å². The van der Waals surface area contributed by atoms with Crippen molar-refractivity contribution in [2.45, 2.75) is 90.1 Å². The van der Waals surface area contributed by atoms with Crippen molar-refractivity contribution in [1.82, 2.24) is 37.2 Å². The minimum Gasteiger partial charge on any atom is -0.508 e. The Morgan fingerprint density at radius 3 is 1.54 bits per heavy atom. The zero-order chi connectivity index (χ0) is 45.2. The van der Waals surface area contributed by atoms with Crippen LogP contribution in [0.4, 0.5) is 0 Å². The molecule has 0 aliphatic heterocycles. The number of hydrogen-bond donors (Lipinski definition) is 10. The van der Waals surface area contributed by atoms with Crippen LogP contribution in [0.5, 0.6) is 5.75 Å². The molecule has 0 bridgehead atoms. The predicted octanol–water partition coefficient (Wildman–Crippen LogP) is 0.0185. The molecule has 61 heavy (non-hydrogen) atoms. The van der Waals surface area contributed by atoms with E-state index in [0.717, 1.165) is 11.1 Å². The van der Waals surface area contributed by atoms with Crippen molar-refractivity contribution in [3.05, 3.63) is 90.0 Å². The van der Waals surface area contributed by atoms with E-state index in [0.29, 0.717) is 11.1 Å². The summed E-state index contributed by atoms with van der Waals surface area (Å²) in [5, 5.41) is 36.7. The fraction of sp³-hybridized carbons (Fsp3) is 0.395. The molecule has 0 saturated carbocycles. The van der Waals surface area contributed by atoms with Crippen molar-refractivity contribution in [3.8, 4) is 16.9 Å². The number of nitrogens with one attached hydrogen (secondary N) is 7. The molecule has 0 spiro atoms. The third kappa shape index (κ3) is 16.8. The standard InChI is InChI=1S/C43H56N8O10/c1-24(2)19-35(43(60)61)51-42(59)34(21-28-11-15-31(16-12-28)30-9-7-6-8-10-30)49-37(54)23-45-36(53)22-46-41(58)33(20-29-13-17-32(52)18-14-29)50-40(57)27(5)48-39(56)26(4)47-38(55)25(3)44/h6-18,24-27,33-35,52H,19-23,44H2,1-5H3,(H,45,53)(H,46,58)(H,47,55)(H,48,56)(H,49,54)(H,50,57)(H,51,59)(H,60,61)/t25-,26-,27-,33-,34-,35-/m0/s1. The van der Waals surface area contributed by atoms with E-state index < -0.39 is 96.7 Å². The number of benzene rings is 3. The number of carboxylic acid groups (broad SMARTS) is 1. The Labute approximate surface area is 354 Å². The monoisotopic (exact) mass is 844 g/mol. The van der Waals surface area contributed by atoms with E-state index in [2.05, 4.69) is 37.2 Å². The third-order valence-electron chi connectivity index (χ3n) is 9.27. The van der Waals surface area contributed by atoms with Gasteiger partial charge >= 0.3 is 5.97 Å². The lowest BCUT2D eigenvalue weighted by molar-refractivity contribution is -0.142. The maximum Gasteiger partial charge on any atom is 0.326 e. The SMILES string of the molecule is CC(C)C[C@H](NC(=O)[C@H](Cc1ccc(-c2ccccc2)cc1)NC(=O)CNC(=O)CNC(=O)[C@H](Cc1ccc(O)cc1)NC(=O)[C@H](C)NC(=O)[C@H](C)NC(=O)[C@H](C)N)C(=O)O. The maximum atomic E-state index is 13.4. The lowest BCUT2D eigenvalue weighted by Crippen LogP contribution is -2.57. The van der Waals surface area contributed by atoms with E-state index in [1.807, 2.05) is 56.3 Å². The molecule has 0 aliphatic carbocycles. The van der Waals surface area contributed by atoms with Crippen molar-refractivity contribution in [2.75, 3.05) is 13.1 Å². The van der Waals surface area contributed by atoms with Crippen LogP contribution in [0.3, 0.4) is 0 Å². The summed E-state index contributed by atoms with van der Waals surface area (Å²) in [7, 11) is 0. The molecular weight excluding hydrogens is 789 g/mol. The molecule has 7 amide bonds. The highest BCUT2D eigenvalue weighted by Gasteiger charge is 2.29. The zero-order valence-electron chi connectivity index (χ0n) is 34.8. The summed E-state index contributed by atoms with van der Waals surface area (Å²) >= 11 is 0. The first kappa shape index (κ1) is 48.5. The Balaban J connectivity index is 1.64. The summed E-state index contributed by atoms with van der Waals surface area (Å²) in [4.78, 5) is 102. The van der Waals surface area contributed by atoms with Crippen LogP contribution in [-0.4, -0.2) is 107 Å². The number of carboxylic acids is 1. The van der Waals surface area contributed by atoms with Gasteiger partial charge in [0, 0.05) is 12.8 Å². The van der Waals surface area contributed by atoms with Gasteiger partial charge < -0.3 is 53.2 Å². The number of rotatable bonds is 22. The quantitative estimate of drug-likeness (QED) is 0.0644. The van der Waals surface area contributed by atoms with E-state index in [4.69, 9.17) is 5.73 Å². The first-order valence-corrected chi connectivity index (χ1v) is 19.8. The van der Waals surface area contributed by atoms with Crippen LogP contribution in [-0.2, 0) is 51.2 Å². The van der Waals surface area contributed by atoms with Crippen LogP contribution in [0.1, 0.15) is 52.2 Å². The molecule has 3 aromatic carbocycles. The summed E-state index contributed by atoms with van der Waals surface area (Å²) in [6.45, 7) is 6.62. The summed E-state index contributed by atoms with van der Waals surface area (Å²) in [6, 6.07) is 16.0. The van der Waals surface area contributed by atoms with Crippen molar-refractivity contribution in [2.24, 2.45) is 11.7 Å². The fourth-order valence-electron chi connectivity index (χ4n) is 5.84. The van der Waals surface area contributed by atoms with E-state index in [-0.39, 0.29) is 30.9 Å². The average Bonchev–Trinajstić information content (AvgIpc) is 3.22. The van der Waals surface area contributed by atoms with Gasteiger partial charge in [-0.2, -0.15) is 0 Å². The van der Waals surface area contributed by atoms with Crippen LogP contribution in [0, 0.1) is 5.92 Å². The molecule has 3 aromatic rings. The normalized spacial score (nSPS) is 13.8. The summed E-state index contributed by atoms with van der Waals surface area (Å²) < 4.78 is 0. The second kappa shape index (κ2) is 23.7. The highest BCUT2D eigenvalue weighted by Crippen LogP contribution is 2.20. The molecule has 328 valence electrons. The predicted molar refractivity (Wildman–Crippen MR) is 225 cm³/mol. The van der Waals surface area contributed by atoms with Gasteiger partial charge in [0.05, 0.1) is 19.1 Å². The zero-order valence-corrected chi connectivity index (χ0v) is 34.8. The van der Waals surface area contributed by atoms with Crippen LogP contribution < -0.4 is 43.0 Å². The molecule has 0 heterocycles. The van der Waals surface area contributed by atoms with E-state index in [1.54, 1.807) is 12.1 Å². The van der Waals surface area contributed by atoms with Gasteiger partial charge in [-0.1, -0.05) is 80.6 Å². The van der Waals surface area contributed by atoms with Gasteiger partial charge in [-0.3, -0.25) is 33.6 Å². The average molecular weight is 845 g/mol. The van der Waals surface area contributed by atoms with Crippen molar-refractivity contribution < 1.29 is 48.6 Å². The fourth-order valence-corrected chi connectivity index (χ4v) is 5.84. The number of phenols is 1. The van der Waals surface area contributed by atoms with Gasteiger partial charge in [-0.25, -0.2) is 4.79 Å². The number of phenolic OH excluding ortho intramolecular Hbond substituents is 1. The Hall–Kier alpha value is -6.82. The van der Waals surface area contributed by atoms with E-state index >= 15 is 0 Å². The molecule has 0 saturated heterocycles. The maximum absolute atomic E-state index is 13.4. The highest BCUT2D eigenvalue weighted by atomic mass is 16.4. The number of carbonyl (C=O) groups excluding carboxylic acids is 7. The van der Waals surface area contributed by atoms with E-state index in [9.17, 15) is 48.6 Å². The molecule has 0 aliphatic rings. The molecular formula is C43H56N8O10.